The van der Waals surface area contributed by atoms with E-state index in [0.717, 1.165) is 22.0 Å². The van der Waals surface area contributed by atoms with Crippen LogP contribution in [0.2, 0.25) is 5.02 Å². The molecule has 1 aromatic carbocycles. The van der Waals surface area contributed by atoms with Gasteiger partial charge in [-0.05, 0) is 17.7 Å². The third kappa shape index (κ3) is 3.70. The summed E-state index contributed by atoms with van der Waals surface area (Å²) in [5, 5.41) is 9.73. The van der Waals surface area contributed by atoms with Crippen LogP contribution in [0.1, 0.15) is 6.42 Å². The van der Waals surface area contributed by atoms with Gasteiger partial charge in [-0.15, -0.1) is 0 Å². The van der Waals surface area contributed by atoms with Crippen molar-refractivity contribution < 1.29 is 8.42 Å². The molecule has 0 aliphatic rings. The number of anilines is 1. The standard InChI is InChI=1S/C21H21ClN6O2S/c1-24-8-7-19(23)31(29,30)26-17-6-9-25-21-20(17)15(11-28(21)3)13-4-5-14-16(22)12-27(2)18(14)10-13/h4-6,8-12,23H,7H2,1-3H3,(H,25,26). The van der Waals surface area contributed by atoms with Gasteiger partial charge in [0.1, 0.15) is 10.7 Å². The molecule has 31 heavy (non-hydrogen) atoms. The lowest BCUT2D eigenvalue weighted by Crippen LogP contribution is -2.22. The van der Waals surface area contributed by atoms with Crippen molar-refractivity contribution in [2.45, 2.75) is 6.42 Å². The van der Waals surface area contributed by atoms with Crippen molar-refractivity contribution in [3.05, 3.63) is 47.9 Å². The highest BCUT2D eigenvalue weighted by atomic mass is 35.5. The van der Waals surface area contributed by atoms with E-state index in [1.807, 2.05) is 53.8 Å². The molecule has 0 aliphatic heterocycles. The van der Waals surface area contributed by atoms with Crippen LogP contribution in [-0.4, -0.2) is 40.8 Å². The first kappa shape index (κ1) is 21.1. The van der Waals surface area contributed by atoms with Gasteiger partial charge in [-0.25, -0.2) is 4.98 Å². The number of aliphatic imine (C=N–C) groups is 1. The van der Waals surface area contributed by atoms with Crippen LogP contribution in [0.3, 0.4) is 0 Å². The van der Waals surface area contributed by atoms with Gasteiger partial charge in [0.25, 0.3) is 10.0 Å². The average Bonchev–Trinajstić information content (AvgIpc) is 3.22. The molecule has 2 N–H and O–H groups in total. The number of nitrogens with zero attached hydrogens (tertiary/aromatic N) is 4. The second-order valence-corrected chi connectivity index (χ2v) is 9.32. The van der Waals surface area contributed by atoms with Crippen LogP contribution >= 0.6 is 11.6 Å². The quantitative estimate of drug-likeness (QED) is 0.347. The lowest BCUT2D eigenvalue weighted by Gasteiger charge is -2.11. The molecule has 0 saturated carbocycles. The van der Waals surface area contributed by atoms with Crippen molar-refractivity contribution >= 4 is 60.5 Å². The summed E-state index contributed by atoms with van der Waals surface area (Å²) >= 11 is 6.30. The van der Waals surface area contributed by atoms with E-state index in [1.165, 1.54) is 13.3 Å². The first-order valence-corrected chi connectivity index (χ1v) is 11.3. The Morgan fingerprint density at radius 3 is 2.77 bits per heavy atom. The Morgan fingerprint density at radius 2 is 2.03 bits per heavy atom. The van der Waals surface area contributed by atoms with Crippen LogP contribution in [0, 0.1) is 5.41 Å². The number of fused-ring (bicyclic) bond motifs is 2. The number of sulfonamides is 1. The topological polar surface area (TPSA) is 105 Å². The Kier molecular flexibility index (Phi) is 5.32. The Morgan fingerprint density at radius 1 is 1.26 bits per heavy atom. The van der Waals surface area contributed by atoms with Crippen LogP contribution in [0.5, 0.6) is 0 Å². The van der Waals surface area contributed by atoms with E-state index in [9.17, 15) is 8.42 Å². The summed E-state index contributed by atoms with van der Waals surface area (Å²) in [5.74, 6) is 0. The van der Waals surface area contributed by atoms with Gasteiger partial charge in [-0.1, -0.05) is 23.7 Å². The fourth-order valence-electron chi connectivity index (χ4n) is 3.60. The molecule has 3 aromatic heterocycles. The van der Waals surface area contributed by atoms with Gasteiger partial charge in [0.2, 0.25) is 0 Å². The third-order valence-electron chi connectivity index (χ3n) is 5.14. The molecule has 4 rings (SSSR count). The van der Waals surface area contributed by atoms with Gasteiger partial charge in [0.05, 0.1) is 16.1 Å². The normalized spacial score (nSPS) is 12.3. The zero-order valence-electron chi connectivity index (χ0n) is 17.2. The number of rotatable bonds is 5. The van der Waals surface area contributed by atoms with E-state index in [0.29, 0.717) is 21.7 Å². The van der Waals surface area contributed by atoms with Gasteiger partial charge in [0.15, 0.2) is 0 Å². The van der Waals surface area contributed by atoms with Crippen molar-refractivity contribution in [2.24, 2.45) is 19.1 Å². The van der Waals surface area contributed by atoms with E-state index in [2.05, 4.69) is 14.7 Å². The molecule has 0 fully saturated rings. The minimum atomic E-state index is -4.02. The summed E-state index contributed by atoms with van der Waals surface area (Å²) in [6, 6.07) is 7.52. The molecule has 0 aliphatic carbocycles. The lowest BCUT2D eigenvalue weighted by atomic mass is 10.0. The molecule has 0 atom stereocenters. The summed E-state index contributed by atoms with van der Waals surface area (Å²) < 4.78 is 31.7. The van der Waals surface area contributed by atoms with Gasteiger partial charge in [-0.3, -0.25) is 10.1 Å². The molecule has 3 heterocycles. The Labute approximate surface area is 184 Å². The van der Waals surface area contributed by atoms with Gasteiger partial charge >= 0.3 is 0 Å². The highest BCUT2D eigenvalue weighted by molar-refractivity contribution is 8.07. The van der Waals surface area contributed by atoms with E-state index in [4.69, 9.17) is 17.0 Å². The molecular formula is C21H21ClN6O2S. The maximum Gasteiger partial charge on any atom is 0.275 e. The lowest BCUT2D eigenvalue weighted by molar-refractivity contribution is 0.611. The highest BCUT2D eigenvalue weighted by Gasteiger charge is 2.21. The maximum atomic E-state index is 12.7. The third-order valence-corrected chi connectivity index (χ3v) is 6.74. The molecule has 0 bridgehead atoms. The molecule has 0 spiro atoms. The number of aromatic nitrogens is 3. The maximum absolute atomic E-state index is 12.7. The molecule has 0 radical (unpaired) electrons. The van der Waals surface area contributed by atoms with Gasteiger partial charge in [-0.2, -0.15) is 8.42 Å². The van der Waals surface area contributed by atoms with Crippen LogP contribution < -0.4 is 4.72 Å². The summed E-state index contributed by atoms with van der Waals surface area (Å²) in [5.41, 5.74) is 3.68. The second-order valence-electron chi connectivity index (χ2n) is 7.20. The zero-order chi connectivity index (χ0) is 22.3. The molecule has 0 saturated heterocycles. The number of hydrogen-bond donors (Lipinski definition) is 2. The summed E-state index contributed by atoms with van der Waals surface area (Å²) in [7, 11) is 1.29. The van der Waals surface area contributed by atoms with Gasteiger partial charge < -0.3 is 14.1 Å². The number of halogens is 1. The predicted octanol–water partition coefficient (Wildman–Crippen LogP) is 4.20. The Hall–Kier alpha value is -3.17. The van der Waals surface area contributed by atoms with Crippen LogP contribution in [-0.2, 0) is 24.1 Å². The molecule has 4 aromatic rings. The smallest absolute Gasteiger partial charge is 0.275 e. The molecular weight excluding hydrogens is 436 g/mol. The Balaban J connectivity index is 1.87. The molecule has 0 unspecified atom stereocenters. The summed E-state index contributed by atoms with van der Waals surface area (Å²) in [6.07, 6.45) is 6.62. The number of nitrogens with one attached hydrogen (secondary N) is 2. The first-order valence-electron chi connectivity index (χ1n) is 9.43. The number of pyridine rings is 1. The van der Waals surface area contributed by atoms with Crippen LogP contribution in [0.25, 0.3) is 33.1 Å². The van der Waals surface area contributed by atoms with Crippen LogP contribution in [0.15, 0.2) is 47.8 Å². The molecule has 160 valence electrons. The van der Waals surface area contributed by atoms with Crippen molar-refractivity contribution in [2.75, 3.05) is 11.8 Å². The highest BCUT2D eigenvalue weighted by Crippen LogP contribution is 2.37. The van der Waals surface area contributed by atoms with Gasteiger partial charge in [0, 0.05) is 68.8 Å². The van der Waals surface area contributed by atoms with E-state index < -0.39 is 15.1 Å². The molecule has 10 heteroatoms. The van der Waals surface area contributed by atoms with E-state index >= 15 is 0 Å². The Bertz CT molecular complexity index is 1470. The molecule has 0 amide bonds. The minimum Gasteiger partial charge on any atom is -0.349 e. The van der Waals surface area contributed by atoms with Crippen molar-refractivity contribution in [3.8, 4) is 11.1 Å². The summed E-state index contributed by atoms with van der Waals surface area (Å²) in [4.78, 5) is 8.18. The van der Waals surface area contributed by atoms with E-state index in [-0.39, 0.29) is 6.42 Å². The predicted molar refractivity (Wildman–Crippen MR) is 127 cm³/mol. The SMILES string of the molecule is CN=CCC(=N)S(=O)(=O)Nc1ccnc2c1c(-c1ccc3c(Cl)cn(C)c3c1)cn2C. The monoisotopic (exact) mass is 456 g/mol. The van der Waals surface area contributed by atoms with Crippen LogP contribution in [0.4, 0.5) is 5.69 Å². The summed E-state index contributed by atoms with van der Waals surface area (Å²) in [6.45, 7) is 0. The second kappa shape index (κ2) is 7.82. The first-order chi connectivity index (χ1) is 14.7. The van der Waals surface area contributed by atoms with Crippen molar-refractivity contribution in [1.82, 2.24) is 14.1 Å². The number of aryl methyl sites for hydroxylation is 2. The van der Waals surface area contributed by atoms with E-state index in [1.54, 1.807) is 12.3 Å². The largest absolute Gasteiger partial charge is 0.349 e. The zero-order valence-corrected chi connectivity index (χ0v) is 18.8. The van der Waals surface area contributed by atoms with Crippen molar-refractivity contribution in [1.29, 1.82) is 5.41 Å². The fourth-order valence-corrected chi connectivity index (χ4v) is 4.78. The fraction of sp³-hybridized carbons (Fsp3) is 0.190. The van der Waals surface area contributed by atoms with Crippen molar-refractivity contribution in [3.63, 3.8) is 0 Å². The molecule has 8 nitrogen and oxygen atoms in total. The minimum absolute atomic E-state index is 0.0768. The number of benzene rings is 1. The average molecular weight is 457 g/mol. The number of hydrogen-bond acceptors (Lipinski definition) is 5.